The van der Waals surface area contributed by atoms with Crippen LogP contribution in [0, 0.1) is 6.92 Å². The van der Waals surface area contributed by atoms with E-state index in [4.69, 9.17) is 9.26 Å². The summed E-state index contributed by atoms with van der Waals surface area (Å²) in [5.41, 5.74) is 3.22. The Bertz CT molecular complexity index is 1060. The number of likely N-dealkylation sites (N-methyl/N-ethyl adjacent to an activating group) is 1. The monoisotopic (exact) mass is 386 g/mol. The van der Waals surface area contributed by atoms with Crippen LogP contribution in [0.25, 0.3) is 10.8 Å². The molecule has 1 aromatic heterocycles. The zero-order valence-corrected chi connectivity index (χ0v) is 16.8. The van der Waals surface area contributed by atoms with Crippen LogP contribution in [0.2, 0.25) is 0 Å². The van der Waals surface area contributed by atoms with Gasteiger partial charge in [-0.2, -0.15) is 0 Å². The molecule has 0 spiro atoms. The third-order valence-corrected chi connectivity index (χ3v) is 5.21. The highest BCUT2D eigenvalue weighted by atomic mass is 16.5. The average Bonchev–Trinajstić information content (AvgIpc) is 3.18. The average molecular weight is 386 g/mol. The summed E-state index contributed by atoms with van der Waals surface area (Å²) in [6.07, 6.45) is -0.109. The molecule has 1 N–H and O–H groups in total. The van der Waals surface area contributed by atoms with Crippen molar-refractivity contribution in [3.63, 3.8) is 0 Å². The number of benzene rings is 3. The van der Waals surface area contributed by atoms with Gasteiger partial charge in [0.05, 0.1) is 12.7 Å². The lowest BCUT2D eigenvalue weighted by Gasteiger charge is -2.28. The molecule has 0 saturated carbocycles. The molecule has 0 amide bonds. The van der Waals surface area contributed by atoms with Crippen molar-refractivity contribution in [1.82, 2.24) is 10.5 Å². The van der Waals surface area contributed by atoms with Gasteiger partial charge < -0.3 is 14.6 Å². The highest BCUT2D eigenvalue weighted by Crippen LogP contribution is 2.35. The number of rotatable bonds is 8. The van der Waals surface area contributed by atoms with Gasteiger partial charge in [0.2, 0.25) is 0 Å². The number of aryl methyl sites for hydroxylation is 1. The Morgan fingerprint density at radius 1 is 0.897 bits per heavy atom. The lowest BCUT2D eigenvalue weighted by molar-refractivity contribution is 0.0179. The molecule has 4 nitrogen and oxygen atoms in total. The first-order valence-corrected chi connectivity index (χ1v) is 9.96. The molecule has 4 rings (SSSR count). The molecule has 0 fully saturated rings. The summed E-state index contributed by atoms with van der Waals surface area (Å²) in [5.74, 6) is 0.946. The van der Waals surface area contributed by atoms with Crippen LogP contribution < -0.4 is 5.32 Å². The van der Waals surface area contributed by atoms with Crippen molar-refractivity contribution in [3.8, 4) is 0 Å². The van der Waals surface area contributed by atoms with Crippen LogP contribution in [-0.4, -0.2) is 18.7 Å². The van der Waals surface area contributed by atoms with Crippen LogP contribution in [0.4, 0.5) is 0 Å². The van der Waals surface area contributed by atoms with Crippen molar-refractivity contribution in [1.29, 1.82) is 0 Å². The van der Waals surface area contributed by atoms with Gasteiger partial charge in [-0.1, -0.05) is 78.0 Å². The van der Waals surface area contributed by atoms with Crippen molar-refractivity contribution >= 4 is 10.8 Å². The van der Waals surface area contributed by atoms with Crippen LogP contribution in [0.3, 0.4) is 0 Å². The van der Waals surface area contributed by atoms with E-state index in [2.05, 4.69) is 77.2 Å². The minimum Gasteiger partial charge on any atom is -0.366 e. The van der Waals surface area contributed by atoms with E-state index >= 15 is 0 Å². The fourth-order valence-electron chi connectivity index (χ4n) is 3.81. The number of aromatic nitrogens is 1. The topological polar surface area (TPSA) is 47.3 Å². The zero-order chi connectivity index (χ0) is 20.1. The number of fused-ring (bicyclic) bond motifs is 1. The fraction of sp³-hybridized carbons (Fsp3) is 0.240. The Morgan fingerprint density at radius 2 is 1.66 bits per heavy atom. The van der Waals surface area contributed by atoms with Crippen molar-refractivity contribution in [2.45, 2.75) is 25.6 Å². The zero-order valence-electron chi connectivity index (χ0n) is 16.8. The molecule has 3 aromatic carbocycles. The lowest BCUT2D eigenvalue weighted by atomic mass is 9.87. The smallest absolute Gasteiger partial charge is 0.134 e. The van der Waals surface area contributed by atoms with Gasteiger partial charge in [-0.15, -0.1) is 0 Å². The number of ether oxygens (including phenoxy) is 1. The molecule has 0 bridgehead atoms. The molecule has 148 valence electrons. The molecule has 2 atom stereocenters. The lowest BCUT2D eigenvalue weighted by Crippen LogP contribution is -2.25. The fourth-order valence-corrected chi connectivity index (χ4v) is 3.81. The van der Waals surface area contributed by atoms with E-state index in [0.29, 0.717) is 6.61 Å². The van der Waals surface area contributed by atoms with Crippen LogP contribution >= 0.6 is 0 Å². The quantitative estimate of drug-likeness (QED) is 0.441. The Balaban J connectivity index is 1.69. The molecule has 0 aliphatic carbocycles. The summed E-state index contributed by atoms with van der Waals surface area (Å²) in [5, 5.41) is 9.92. The molecule has 0 aliphatic rings. The summed E-state index contributed by atoms with van der Waals surface area (Å²) in [4.78, 5) is 0. The Hall–Kier alpha value is -2.95. The minimum absolute atomic E-state index is 0.109. The Morgan fingerprint density at radius 3 is 2.38 bits per heavy atom. The van der Waals surface area contributed by atoms with Gasteiger partial charge in [0.1, 0.15) is 11.5 Å². The van der Waals surface area contributed by atoms with E-state index in [9.17, 15) is 0 Å². The summed E-state index contributed by atoms with van der Waals surface area (Å²) in [7, 11) is 1.98. The number of hydrogen-bond acceptors (Lipinski definition) is 4. The van der Waals surface area contributed by atoms with Gasteiger partial charge in [0, 0.05) is 18.5 Å². The molecule has 4 heteroatoms. The molecular weight excluding hydrogens is 360 g/mol. The highest BCUT2D eigenvalue weighted by molar-refractivity contribution is 5.83. The number of nitrogens with zero attached hydrogens (tertiary/aromatic N) is 1. The summed E-state index contributed by atoms with van der Waals surface area (Å²) < 4.78 is 11.6. The second kappa shape index (κ2) is 9.03. The Kier molecular flexibility index (Phi) is 6.03. The highest BCUT2D eigenvalue weighted by Gasteiger charge is 2.26. The summed E-state index contributed by atoms with van der Waals surface area (Å²) in [6, 6.07) is 27.5. The summed E-state index contributed by atoms with van der Waals surface area (Å²) in [6.45, 7) is 3.10. The van der Waals surface area contributed by atoms with E-state index in [-0.39, 0.29) is 12.0 Å². The molecule has 29 heavy (non-hydrogen) atoms. The third-order valence-electron chi connectivity index (χ3n) is 5.21. The van der Waals surface area contributed by atoms with Crippen LogP contribution in [0.1, 0.15) is 34.6 Å². The van der Waals surface area contributed by atoms with Crippen molar-refractivity contribution in [2.24, 2.45) is 0 Å². The first-order valence-electron chi connectivity index (χ1n) is 9.96. The van der Waals surface area contributed by atoms with Gasteiger partial charge in [0.15, 0.2) is 0 Å². The third kappa shape index (κ3) is 4.56. The molecule has 2 unspecified atom stereocenters. The molecule has 0 saturated heterocycles. The Labute approximate surface area is 171 Å². The van der Waals surface area contributed by atoms with Crippen LogP contribution in [-0.2, 0) is 11.3 Å². The maximum absolute atomic E-state index is 6.45. The second-order valence-corrected chi connectivity index (χ2v) is 7.34. The van der Waals surface area contributed by atoms with E-state index in [0.717, 1.165) is 23.6 Å². The van der Waals surface area contributed by atoms with E-state index in [1.54, 1.807) is 0 Å². The summed E-state index contributed by atoms with van der Waals surface area (Å²) >= 11 is 0. The van der Waals surface area contributed by atoms with E-state index in [1.807, 2.05) is 26.1 Å². The predicted octanol–water partition coefficient (Wildman–Crippen LogP) is 5.40. The van der Waals surface area contributed by atoms with E-state index in [1.165, 1.54) is 16.3 Å². The maximum atomic E-state index is 6.45. The normalized spacial score (nSPS) is 13.4. The van der Waals surface area contributed by atoms with Crippen molar-refractivity contribution < 1.29 is 9.26 Å². The van der Waals surface area contributed by atoms with Gasteiger partial charge in [-0.3, -0.25) is 0 Å². The number of hydrogen-bond donors (Lipinski definition) is 1. The first-order chi connectivity index (χ1) is 14.2. The van der Waals surface area contributed by atoms with Crippen LogP contribution in [0.15, 0.2) is 83.4 Å². The standard InChI is InChI=1S/C25H26N2O2/c1-18-14-23(27-29-18)17-28-25(20-9-4-3-5-10-20)24(16-26-2)22-13-12-19-8-6-7-11-21(19)15-22/h3-15,24-26H,16-17H2,1-2H3. The first kappa shape index (κ1) is 19.4. The largest absolute Gasteiger partial charge is 0.366 e. The molecule has 0 radical (unpaired) electrons. The molecular formula is C25H26N2O2. The van der Waals surface area contributed by atoms with E-state index < -0.39 is 0 Å². The molecule has 4 aromatic rings. The number of nitrogens with one attached hydrogen (secondary N) is 1. The maximum Gasteiger partial charge on any atom is 0.134 e. The molecule has 0 aliphatic heterocycles. The van der Waals surface area contributed by atoms with Gasteiger partial charge in [0.25, 0.3) is 0 Å². The van der Waals surface area contributed by atoms with Crippen LogP contribution in [0.5, 0.6) is 0 Å². The minimum atomic E-state index is -0.109. The van der Waals surface area contributed by atoms with Crippen molar-refractivity contribution in [3.05, 3.63) is 101 Å². The molecule has 1 heterocycles. The SMILES string of the molecule is CNCC(c1ccc2ccccc2c1)C(OCc1cc(C)on1)c1ccccc1. The second-order valence-electron chi connectivity index (χ2n) is 7.34. The van der Waals surface area contributed by atoms with Gasteiger partial charge in [-0.25, -0.2) is 0 Å². The van der Waals surface area contributed by atoms with Gasteiger partial charge >= 0.3 is 0 Å². The van der Waals surface area contributed by atoms with Gasteiger partial charge in [-0.05, 0) is 35.9 Å². The predicted molar refractivity (Wildman–Crippen MR) is 116 cm³/mol. The van der Waals surface area contributed by atoms with Crippen molar-refractivity contribution in [2.75, 3.05) is 13.6 Å².